The van der Waals surface area contributed by atoms with Gasteiger partial charge in [0.05, 0.1) is 6.26 Å². The zero-order valence-electron chi connectivity index (χ0n) is 8.67. The zero-order chi connectivity index (χ0) is 11.8. The van der Waals surface area contributed by atoms with Gasteiger partial charge in [-0.05, 0) is 24.3 Å². The number of aliphatic hydroxyl groups excluding tert-OH is 3. The molecule has 2 aromatic rings. The first-order chi connectivity index (χ1) is 7.80. The molecule has 0 saturated carbocycles. The molecule has 0 aliphatic heterocycles. The van der Waals surface area contributed by atoms with Gasteiger partial charge in [0.15, 0.2) is 0 Å². The molecule has 2 heterocycles. The molecule has 16 heavy (non-hydrogen) atoms. The van der Waals surface area contributed by atoms with Crippen molar-refractivity contribution >= 4 is 0 Å². The van der Waals surface area contributed by atoms with Crippen LogP contribution in [0.3, 0.4) is 0 Å². The minimum Gasteiger partial charge on any atom is -0.467 e. The molecule has 5 nitrogen and oxygen atoms in total. The Morgan fingerprint density at radius 1 is 0.812 bits per heavy atom. The van der Waals surface area contributed by atoms with E-state index in [0.717, 1.165) is 0 Å². The lowest BCUT2D eigenvalue weighted by Crippen LogP contribution is -1.76. The fourth-order valence-electron chi connectivity index (χ4n) is 0.995. The van der Waals surface area contributed by atoms with Crippen molar-refractivity contribution in [2.75, 3.05) is 0 Å². The minimum atomic E-state index is -0.111. The molecule has 0 aliphatic carbocycles. The summed E-state index contributed by atoms with van der Waals surface area (Å²) in [5, 5.41) is 25.3. The van der Waals surface area contributed by atoms with Crippen molar-refractivity contribution in [2.45, 2.75) is 19.8 Å². The average molecular weight is 226 g/mol. The minimum absolute atomic E-state index is 0.00694. The molecule has 2 aromatic heterocycles. The summed E-state index contributed by atoms with van der Waals surface area (Å²) in [4.78, 5) is 0. The highest BCUT2D eigenvalue weighted by molar-refractivity contribution is 5.04. The van der Waals surface area contributed by atoms with E-state index in [4.69, 9.17) is 24.2 Å². The van der Waals surface area contributed by atoms with Crippen molar-refractivity contribution in [1.82, 2.24) is 0 Å². The van der Waals surface area contributed by atoms with Crippen LogP contribution in [-0.4, -0.2) is 15.3 Å². The van der Waals surface area contributed by atoms with Crippen molar-refractivity contribution in [3.05, 3.63) is 47.8 Å². The smallest absolute Gasteiger partial charge is 0.129 e. The highest BCUT2D eigenvalue weighted by Gasteiger charge is 1.96. The number of hydrogen-bond donors (Lipinski definition) is 3. The summed E-state index contributed by atoms with van der Waals surface area (Å²) in [5.74, 6) is 1.58. The van der Waals surface area contributed by atoms with E-state index in [9.17, 15) is 0 Å². The van der Waals surface area contributed by atoms with Crippen molar-refractivity contribution in [2.24, 2.45) is 0 Å². The zero-order valence-corrected chi connectivity index (χ0v) is 8.67. The molecule has 0 aliphatic rings. The molecular weight excluding hydrogens is 212 g/mol. The van der Waals surface area contributed by atoms with Crippen LogP contribution in [0.2, 0.25) is 0 Å². The highest BCUT2D eigenvalue weighted by atomic mass is 16.4. The Labute approximate surface area is 92.6 Å². The van der Waals surface area contributed by atoms with E-state index in [1.807, 2.05) is 0 Å². The van der Waals surface area contributed by atoms with Crippen LogP contribution >= 0.6 is 0 Å². The Morgan fingerprint density at radius 2 is 1.38 bits per heavy atom. The first kappa shape index (κ1) is 12.5. The molecule has 0 amide bonds. The Hall–Kier alpha value is -1.56. The van der Waals surface area contributed by atoms with E-state index >= 15 is 0 Å². The summed E-state index contributed by atoms with van der Waals surface area (Å²) in [7, 11) is 0. The maximum Gasteiger partial charge on any atom is 0.129 e. The van der Waals surface area contributed by atoms with E-state index in [1.54, 1.807) is 24.3 Å². The molecule has 0 spiro atoms. The van der Waals surface area contributed by atoms with Crippen LogP contribution in [0.15, 0.2) is 39.4 Å². The largest absolute Gasteiger partial charge is 0.467 e. The summed E-state index contributed by atoms with van der Waals surface area (Å²) < 4.78 is 9.61. The second-order valence-corrected chi connectivity index (χ2v) is 2.92. The van der Waals surface area contributed by atoms with Crippen LogP contribution in [0, 0.1) is 0 Å². The first-order valence-corrected chi connectivity index (χ1v) is 4.72. The van der Waals surface area contributed by atoms with Crippen LogP contribution < -0.4 is 0 Å². The van der Waals surface area contributed by atoms with E-state index in [1.165, 1.54) is 6.26 Å². The maximum atomic E-state index is 8.47. The molecule has 0 radical (unpaired) electrons. The van der Waals surface area contributed by atoms with Crippen LogP contribution in [0.4, 0.5) is 0 Å². The molecule has 3 N–H and O–H groups in total. The Bertz CT molecular complexity index is 358. The van der Waals surface area contributed by atoms with Gasteiger partial charge in [0.2, 0.25) is 0 Å². The number of aliphatic hydroxyl groups is 3. The van der Waals surface area contributed by atoms with Gasteiger partial charge in [-0.3, -0.25) is 0 Å². The van der Waals surface area contributed by atoms with Gasteiger partial charge < -0.3 is 24.2 Å². The lowest BCUT2D eigenvalue weighted by molar-refractivity contribution is 0.215. The third-order valence-electron chi connectivity index (χ3n) is 1.76. The summed E-state index contributed by atoms with van der Waals surface area (Å²) in [6.45, 7) is -0.229. The van der Waals surface area contributed by atoms with Gasteiger partial charge >= 0.3 is 0 Å². The second kappa shape index (κ2) is 6.84. The standard InChI is InChI=1S/C6H8O3.C5H6O2/c7-3-5-1-2-6(4-8)9-5;6-4-5-2-1-3-7-5/h1-2,7-8H,3-4H2;1-3,6H,4H2. The summed E-state index contributed by atoms with van der Waals surface area (Å²) in [6.07, 6.45) is 1.53. The van der Waals surface area contributed by atoms with Gasteiger partial charge in [-0.2, -0.15) is 0 Å². The van der Waals surface area contributed by atoms with Crippen molar-refractivity contribution in [3.8, 4) is 0 Å². The van der Waals surface area contributed by atoms with Gasteiger partial charge in [-0.15, -0.1) is 0 Å². The lowest BCUT2D eigenvalue weighted by Gasteiger charge is -1.86. The molecule has 88 valence electrons. The molecule has 0 saturated heterocycles. The van der Waals surface area contributed by atoms with Crippen LogP contribution in [-0.2, 0) is 19.8 Å². The molecule has 0 fully saturated rings. The Kier molecular flexibility index (Phi) is 5.35. The van der Waals surface area contributed by atoms with E-state index < -0.39 is 0 Å². The van der Waals surface area contributed by atoms with Crippen molar-refractivity contribution in [3.63, 3.8) is 0 Å². The second-order valence-electron chi connectivity index (χ2n) is 2.92. The maximum absolute atomic E-state index is 8.47. The van der Waals surface area contributed by atoms with Crippen LogP contribution in [0.1, 0.15) is 17.3 Å². The highest BCUT2D eigenvalue weighted by Crippen LogP contribution is 2.06. The number of hydrogen-bond acceptors (Lipinski definition) is 5. The monoisotopic (exact) mass is 226 g/mol. The number of furan rings is 2. The van der Waals surface area contributed by atoms with Crippen molar-refractivity contribution in [1.29, 1.82) is 0 Å². The molecule has 5 heteroatoms. The third-order valence-corrected chi connectivity index (χ3v) is 1.76. The molecule has 0 atom stereocenters. The van der Waals surface area contributed by atoms with Gasteiger partial charge in [-0.1, -0.05) is 0 Å². The molecular formula is C11H14O5. The van der Waals surface area contributed by atoms with E-state index in [2.05, 4.69) is 0 Å². The van der Waals surface area contributed by atoms with Gasteiger partial charge in [0, 0.05) is 0 Å². The third kappa shape index (κ3) is 3.90. The molecule has 2 rings (SSSR count). The van der Waals surface area contributed by atoms with Gasteiger partial charge in [0.1, 0.15) is 37.1 Å². The van der Waals surface area contributed by atoms with Gasteiger partial charge in [-0.25, -0.2) is 0 Å². The van der Waals surface area contributed by atoms with Crippen LogP contribution in [0.5, 0.6) is 0 Å². The molecule has 0 aromatic carbocycles. The predicted octanol–water partition coefficient (Wildman–Crippen LogP) is 1.04. The Balaban J connectivity index is 0.000000165. The fraction of sp³-hybridized carbons (Fsp3) is 0.273. The summed E-state index contributed by atoms with van der Waals surface area (Å²) in [5.41, 5.74) is 0. The quantitative estimate of drug-likeness (QED) is 0.727. The van der Waals surface area contributed by atoms with Crippen LogP contribution in [0.25, 0.3) is 0 Å². The fourth-order valence-corrected chi connectivity index (χ4v) is 0.995. The predicted molar refractivity (Wildman–Crippen MR) is 55.2 cm³/mol. The molecule has 0 unspecified atom stereocenters. The lowest BCUT2D eigenvalue weighted by atomic mass is 10.4. The first-order valence-electron chi connectivity index (χ1n) is 4.72. The number of rotatable bonds is 3. The van der Waals surface area contributed by atoms with E-state index in [-0.39, 0.29) is 19.8 Å². The summed E-state index contributed by atoms with van der Waals surface area (Å²) >= 11 is 0. The summed E-state index contributed by atoms with van der Waals surface area (Å²) in [6, 6.07) is 6.72. The molecule has 0 bridgehead atoms. The van der Waals surface area contributed by atoms with E-state index in [0.29, 0.717) is 17.3 Å². The topological polar surface area (TPSA) is 87.0 Å². The average Bonchev–Trinajstić information content (AvgIpc) is 3.00. The van der Waals surface area contributed by atoms with Gasteiger partial charge in [0.25, 0.3) is 0 Å². The van der Waals surface area contributed by atoms with Crippen molar-refractivity contribution < 1.29 is 24.2 Å². The normalized spacial score (nSPS) is 9.69. The SMILES string of the molecule is OCc1ccc(CO)o1.OCc1ccco1. The Morgan fingerprint density at radius 3 is 1.62 bits per heavy atom.